The lowest BCUT2D eigenvalue weighted by molar-refractivity contribution is -0.116. The van der Waals surface area contributed by atoms with Crippen molar-refractivity contribution in [1.29, 1.82) is 0 Å². The summed E-state index contributed by atoms with van der Waals surface area (Å²) in [5, 5.41) is 2.70. The van der Waals surface area contributed by atoms with E-state index in [9.17, 15) is 18.0 Å². The highest BCUT2D eigenvalue weighted by Gasteiger charge is 2.26. The highest BCUT2D eigenvalue weighted by molar-refractivity contribution is 7.89. The van der Waals surface area contributed by atoms with Crippen LogP contribution in [0, 0.1) is 0 Å². The van der Waals surface area contributed by atoms with Gasteiger partial charge in [0.15, 0.2) is 5.78 Å². The highest BCUT2D eigenvalue weighted by atomic mass is 32.2. The maximum Gasteiger partial charge on any atom is 0.243 e. The minimum Gasteiger partial charge on any atom is -0.497 e. The van der Waals surface area contributed by atoms with E-state index >= 15 is 0 Å². The average molecular weight is 467 g/mol. The van der Waals surface area contributed by atoms with Gasteiger partial charge in [-0.1, -0.05) is 30.3 Å². The Hall–Kier alpha value is -3.49. The maximum atomic E-state index is 13.3. The van der Waals surface area contributed by atoms with Gasteiger partial charge >= 0.3 is 0 Å². The van der Waals surface area contributed by atoms with E-state index in [2.05, 4.69) is 5.32 Å². The van der Waals surface area contributed by atoms with Crippen molar-refractivity contribution in [2.24, 2.45) is 0 Å². The smallest absolute Gasteiger partial charge is 0.243 e. The second-order valence-corrected chi connectivity index (χ2v) is 9.37. The Morgan fingerprint density at radius 3 is 2.12 bits per heavy atom. The molecule has 0 aromatic heterocycles. The summed E-state index contributed by atoms with van der Waals surface area (Å²) in [4.78, 5) is 24.2. The van der Waals surface area contributed by atoms with E-state index in [0.717, 1.165) is 5.56 Å². The van der Waals surface area contributed by atoms with Crippen LogP contribution in [0.5, 0.6) is 5.75 Å². The molecule has 3 aromatic rings. The summed E-state index contributed by atoms with van der Waals surface area (Å²) in [5.74, 6) is -0.0159. The normalized spacial score (nSPS) is 11.2. The second kappa shape index (κ2) is 10.9. The van der Waals surface area contributed by atoms with Crippen molar-refractivity contribution in [2.75, 3.05) is 25.5 Å². The van der Waals surface area contributed by atoms with Crippen molar-refractivity contribution in [2.45, 2.75) is 18.2 Å². The van der Waals surface area contributed by atoms with Crippen molar-refractivity contribution < 1.29 is 22.7 Å². The van der Waals surface area contributed by atoms with Crippen molar-refractivity contribution in [3.8, 4) is 5.75 Å². The monoisotopic (exact) mass is 466 g/mol. The molecule has 0 saturated heterocycles. The van der Waals surface area contributed by atoms with Gasteiger partial charge in [0, 0.05) is 17.8 Å². The fourth-order valence-corrected chi connectivity index (χ4v) is 4.63. The Kier molecular flexibility index (Phi) is 7.97. The third-order valence-electron chi connectivity index (χ3n) is 5.09. The third-order valence-corrected chi connectivity index (χ3v) is 6.94. The predicted molar refractivity (Wildman–Crippen MR) is 127 cm³/mol. The van der Waals surface area contributed by atoms with Crippen molar-refractivity contribution in [3.63, 3.8) is 0 Å². The number of methoxy groups -OCH3 is 1. The Morgan fingerprint density at radius 2 is 1.55 bits per heavy atom. The molecule has 1 N–H and O–H groups in total. The van der Waals surface area contributed by atoms with Gasteiger partial charge in [-0.15, -0.1) is 0 Å². The predicted octanol–water partition coefficient (Wildman–Crippen LogP) is 3.77. The lowest BCUT2D eigenvalue weighted by atomic mass is 10.1. The Morgan fingerprint density at radius 1 is 0.909 bits per heavy atom. The summed E-state index contributed by atoms with van der Waals surface area (Å²) in [6.45, 7) is 1.24. The molecule has 0 saturated carbocycles. The summed E-state index contributed by atoms with van der Waals surface area (Å²) >= 11 is 0. The molecule has 0 unspecified atom stereocenters. The summed E-state index contributed by atoms with van der Waals surface area (Å²) in [6.07, 6.45) is 0.455. The van der Waals surface area contributed by atoms with Crippen LogP contribution in [0.25, 0.3) is 0 Å². The average Bonchev–Trinajstić information content (AvgIpc) is 2.82. The summed E-state index contributed by atoms with van der Waals surface area (Å²) in [5.41, 5.74) is 1.97. The van der Waals surface area contributed by atoms with E-state index in [-0.39, 0.29) is 23.8 Å². The van der Waals surface area contributed by atoms with Gasteiger partial charge in [0.2, 0.25) is 15.9 Å². The van der Waals surface area contributed by atoms with Gasteiger partial charge in [-0.25, -0.2) is 8.42 Å². The molecule has 1 amide bonds. The molecule has 3 aromatic carbocycles. The lowest BCUT2D eigenvalue weighted by Gasteiger charge is -2.22. The van der Waals surface area contributed by atoms with Crippen molar-refractivity contribution in [3.05, 3.63) is 90.0 Å². The zero-order valence-corrected chi connectivity index (χ0v) is 19.3. The van der Waals surface area contributed by atoms with Gasteiger partial charge in [0.05, 0.1) is 18.6 Å². The van der Waals surface area contributed by atoms with Gasteiger partial charge in [-0.05, 0) is 67.4 Å². The SMILES string of the molecule is COc1ccc(S(=O)(=O)N(CCc2ccccc2)CC(=O)Nc2ccc(C(C)=O)cc2)cc1. The van der Waals surface area contributed by atoms with Gasteiger partial charge in [-0.2, -0.15) is 4.31 Å². The van der Waals surface area contributed by atoms with Crippen LogP contribution in [0.2, 0.25) is 0 Å². The molecule has 0 aliphatic carbocycles. The molecule has 3 rings (SSSR count). The number of amides is 1. The summed E-state index contributed by atoms with van der Waals surface area (Å²) in [6, 6.07) is 22.0. The minimum atomic E-state index is -3.93. The molecule has 0 bridgehead atoms. The first-order valence-electron chi connectivity index (χ1n) is 10.4. The number of sulfonamides is 1. The number of Topliss-reactive ketones (excluding diaryl/α,β-unsaturated/α-hetero) is 1. The number of ketones is 1. The first kappa shape index (κ1) is 24.2. The largest absolute Gasteiger partial charge is 0.497 e. The fraction of sp³-hybridized carbons (Fsp3) is 0.200. The number of hydrogen-bond acceptors (Lipinski definition) is 5. The number of hydrogen-bond donors (Lipinski definition) is 1. The van der Waals surface area contributed by atoms with Crippen molar-refractivity contribution in [1.82, 2.24) is 4.31 Å². The molecule has 172 valence electrons. The van der Waals surface area contributed by atoms with E-state index in [4.69, 9.17) is 4.74 Å². The molecule has 8 heteroatoms. The first-order valence-corrected chi connectivity index (χ1v) is 11.8. The van der Waals surface area contributed by atoms with Gasteiger partial charge < -0.3 is 10.1 Å². The zero-order valence-electron chi connectivity index (χ0n) is 18.5. The maximum absolute atomic E-state index is 13.3. The topological polar surface area (TPSA) is 92.8 Å². The lowest BCUT2D eigenvalue weighted by Crippen LogP contribution is -2.39. The first-order chi connectivity index (χ1) is 15.8. The third kappa shape index (κ3) is 6.50. The fourth-order valence-electron chi connectivity index (χ4n) is 3.23. The van der Waals surface area contributed by atoms with Gasteiger partial charge in [0.25, 0.3) is 0 Å². The van der Waals surface area contributed by atoms with Crippen LogP contribution in [0.1, 0.15) is 22.8 Å². The molecule has 0 aliphatic rings. The standard InChI is InChI=1S/C25H26N2O5S/c1-19(28)21-8-10-22(11-9-21)26-25(29)18-27(17-16-20-6-4-3-5-7-20)33(30,31)24-14-12-23(32-2)13-15-24/h3-15H,16-18H2,1-2H3,(H,26,29). The number of nitrogens with zero attached hydrogens (tertiary/aromatic N) is 1. The quantitative estimate of drug-likeness (QED) is 0.459. The number of anilines is 1. The van der Waals surface area contributed by atoms with E-state index in [1.807, 2.05) is 30.3 Å². The summed E-state index contributed by atoms with van der Waals surface area (Å²) in [7, 11) is -2.43. The Balaban J connectivity index is 1.79. The van der Waals surface area contributed by atoms with Crippen molar-refractivity contribution >= 4 is 27.4 Å². The summed E-state index contributed by atoms with van der Waals surface area (Å²) < 4.78 is 32.9. The van der Waals surface area contributed by atoms with Crippen LogP contribution in [0.4, 0.5) is 5.69 Å². The van der Waals surface area contributed by atoms with Crippen LogP contribution in [-0.4, -0.2) is 44.6 Å². The van der Waals surface area contributed by atoms with Gasteiger partial charge in [0.1, 0.15) is 5.75 Å². The Labute approximate surface area is 194 Å². The second-order valence-electron chi connectivity index (χ2n) is 7.43. The number of rotatable bonds is 10. The number of nitrogens with one attached hydrogen (secondary N) is 1. The number of carbonyl (C=O) groups excluding carboxylic acids is 2. The molecule has 0 spiro atoms. The molecular weight excluding hydrogens is 440 g/mol. The molecule has 0 fully saturated rings. The van der Waals surface area contributed by atoms with Crippen LogP contribution in [0.15, 0.2) is 83.8 Å². The number of benzene rings is 3. The molecule has 0 aliphatic heterocycles. The molecular formula is C25H26N2O5S. The molecule has 0 radical (unpaired) electrons. The molecule has 0 heterocycles. The number of carbonyl (C=O) groups is 2. The number of ether oxygens (including phenoxy) is 1. The van der Waals surface area contributed by atoms with Crippen LogP contribution in [0.3, 0.4) is 0 Å². The van der Waals surface area contributed by atoms with Crippen LogP contribution < -0.4 is 10.1 Å². The molecule has 0 atom stereocenters. The zero-order chi connectivity index (χ0) is 23.8. The highest BCUT2D eigenvalue weighted by Crippen LogP contribution is 2.20. The minimum absolute atomic E-state index is 0.0782. The van der Waals surface area contributed by atoms with E-state index < -0.39 is 15.9 Å². The van der Waals surface area contributed by atoms with Crippen LogP contribution >= 0.6 is 0 Å². The van der Waals surface area contributed by atoms with E-state index in [1.54, 1.807) is 36.4 Å². The van der Waals surface area contributed by atoms with Crippen LogP contribution in [-0.2, 0) is 21.2 Å². The molecule has 33 heavy (non-hydrogen) atoms. The van der Waals surface area contributed by atoms with Gasteiger partial charge in [-0.3, -0.25) is 9.59 Å². The Bertz CT molecular complexity index is 1190. The van der Waals surface area contributed by atoms with E-state index in [1.165, 1.54) is 30.5 Å². The van der Waals surface area contributed by atoms with E-state index in [0.29, 0.717) is 23.4 Å². The molecule has 7 nitrogen and oxygen atoms in total.